The fourth-order valence-electron chi connectivity index (χ4n) is 3.98. The van der Waals surface area contributed by atoms with Crippen LogP contribution < -0.4 is 10.1 Å². The number of nitrogens with one attached hydrogen (secondary N) is 1. The van der Waals surface area contributed by atoms with E-state index in [-0.39, 0.29) is 22.8 Å². The molecule has 2 aromatic rings. The number of methoxy groups -OCH3 is 1. The van der Waals surface area contributed by atoms with Gasteiger partial charge in [0.15, 0.2) is 0 Å². The van der Waals surface area contributed by atoms with Crippen molar-refractivity contribution in [2.45, 2.75) is 44.0 Å². The third-order valence-corrected chi connectivity index (χ3v) is 7.66. The molecule has 1 amide bonds. The van der Waals surface area contributed by atoms with Gasteiger partial charge in [-0.15, -0.1) is 0 Å². The summed E-state index contributed by atoms with van der Waals surface area (Å²) in [6.45, 7) is 4.97. The number of amides is 1. The molecule has 2 aromatic carbocycles. The normalized spacial score (nSPS) is 16.8. The molecule has 7 heteroatoms. The second kappa shape index (κ2) is 10.3. The molecule has 0 bridgehead atoms. The maximum atomic E-state index is 13.0. The first-order chi connectivity index (χ1) is 14.8. The Kier molecular flexibility index (Phi) is 7.73. The van der Waals surface area contributed by atoms with Gasteiger partial charge in [-0.2, -0.15) is 4.31 Å². The molecule has 1 heterocycles. The summed E-state index contributed by atoms with van der Waals surface area (Å²) >= 11 is 0. The molecule has 1 aliphatic heterocycles. The van der Waals surface area contributed by atoms with Crippen LogP contribution in [0.25, 0.3) is 0 Å². The predicted octanol–water partition coefficient (Wildman–Crippen LogP) is 4.00. The summed E-state index contributed by atoms with van der Waals surface area (Å²) in [4.78, 5) is 13.2. The van der Waals surface area contributed by atoms with Gasteiger partial charge in [0.25, 0.3) is 0 Å². The van der Waals surface area contributed by atoms with Crippen molar-refractivity contribution in [3.05, 3.63) is 60.2 Å². The van der Waals surface area contributed by atoms with Gasteiger partial charge < -0.3 is 10.1 Å². The standard InChI is InChI=1S/C24H32N2O4S/c1-18(2)17-23(19-7-5-4-6-8-19)25-24(27)20-13-15-26(16-14-20)31(28,29)22-11-9-21(30-3)10-12-22/h4-12,18,20,23H,13-17H2,1-3H3,(H,25,27)/t23-/m0/s1. The molecule has 0 saturated carbocycles. The third kappa shape index (κ3) is 5.86. The smallest absolute Gasteiger partial charge is 0.243 e. The average Bonchev–Trinajstić information content (AvgIpc) is 2.79. The summed E-state index contributed by atoms with van der Waals surface area (Å²) in [7, 11) is -2.03. The Morgan fingerprint density at radius 1 is 1.06 bits per heavy atom. The van der Waals surface area contributed by atoms with Crippen LogP contribution in [0.15, 0.2) is 59.5 Å². The van der Waals surface area contributed by atoms with Gasteiger partial charge >= 0.3 is 0 Å². The van der Waals surface area contributed by atoms with Crippen LogP contribution in [0.5, 0.6) is 5.75 Å². The average molecular weight is 445 g/mol. The molecule has 0 aromatic heterocycles. The summed E-state index contributed by atoms with van der Waals surface area (Å²) in [6.07, 6.45) is 1.90. The number of hydrogen-bond donors (Lipinski definition) is 1. The summed E-state index contributed by atoms with van der Waals surface area (Å²) in [5, 5.41) is 3.21. The summed E-state index contributed by atoms with van der Waals surface area (Å²) in [6, 6.07) is 16.4. The van der Waals surface area contributed by atoms with Gasteiger partial charge in [-0.25, -0.2) is 8.42 Å². The third-order valence-electron chi connectivity index (χ3n) is 5.75. The fourth-order valence-corrected chi connectivity index (χ4v) is 5.45. The highest BCUT2D eigenvalue weighted by Crippen LogP contribution is 2.27. The first kappa shape index (κ1) is 23.3. The number of ether oxygens (including phenoxy) is 1. The lowest BCUT2D eigenvalue weighted by Crippen LogP contribution is -2.43. The summed E-state index contributed by atoms with van der Waals surface area (Å²) in [5.74, 6) is 0.891. The lowest BCUT2D eigenvalue weighted by Gasteiger charge is -2.32. The molecule has 3 rings (SSSR count). The van der Waals surface area contributed by atoms with Gasteiger partial charge in [-0.1, -0.05) is 44.2 Å². The lowest BCUT2D eigenvalue weighted by atomic mass is 9.93. The van der Waals surface area contributed by atoms with E-state index in [0.29, 0.717) is 37.6 Å². The summed E-state index contributed by atoms with van der Waals surface area (Å²) in [5.41, 5.74) is 1.10. The first-order valence-corrected chi connectivity index (χ1v) is 12.2. The molecular weight excluding hydrogens is 412 g/mol. The number of piperidine rings is 1. The van der Waals surface area contributed by atoms with Gasteiger partial charge in [0, 0.05) is 19.0 Å². The van der Waals surface area contributed by atoms with E-state index in [0.717, 1.165) is 12.0 Å². The summed E-state index contributed by atoms with van der Waals surface area (Å²) < 4.78 is 32.4. The lowest BCUT2D eigenvalue weighted by molar-refractivity contribution is -0.127. The zero-order valence-corrected chi connectivity index (χ0v) is 19.3. The maximum Gasteiger partial charge on any atom is 0.243 e. The van der Waals surface area contributed by atoms with Crippen LogP contribution in [-0.2, 0) is 14.8 Å². The zero-order chi connectivity index (χ0) is 22.4. The van der Waals surface area contributed by atoms with E-state index < -0.39 is 10.0 Å². The number of carbonyl (C=O) groups excluding carboxylic acids is 1. The van der Waals surface area contributed by atoms with Crippen molar-refractivity contribution < 1.29 is 17.9 Å². The zero-order valence-electron chi connectivity index (χ0n) is 18.5. The Labute approximate surface area is 185 Å². The van der Waals surface area contributed by atoms with Gasteiger partial charge in [-0.05, 0) is 55.0 Å². The van der Waals surface area contributed by atoms with Gasteiger partial charge in [0.05, 0.1) is 18.0 Å². The van der Waals surface area contributed by atoms with E-state index in [1.807, 2.05) is 30.3 Å². The van der Waals surface area contributed by atoms with Crippen LogP contribution in [-0.4, -0.2) is 38.8 Å². The quantitative estimate of drug-likeness (QED) is 0.668. The molecule has 1 saturated heterocycles. The van der Waals surface area contributed by atoms with Crippen LogP contribution in [0.1, 0.15) is 44.7 Å². The van der Waals surface area contributed by atoms with Crippen LogP contribution in [0.4, 0.5) is 0 Å². The first-order valence-electron chi connectivity index (χ1n) is 10.8. The molecule has 0 spiro atoms. The molecule has 1 N–H and O–H groups in total. The van der Waals surface area contributed by atoms with Crippen LogP contribution in [0, 0.1) is 11.8 Å². The number of nitrogens with zero attached hydrogens (tertiary/aromatic N) is 1. The highest BCUT2D eigenvalue weighted by atomic mass is 32.2. The van der Waals surface area contributed by atoms with Crippen molar-refractivity contribution in [3.63, 3.8) is 0 Å². The second-order valence-electron chi connectivity index (χ2n) is 8.46. The molecular formula is C24H32N2O4S. The number of benzene rings is 2. The SMILES string of the molecule is COc1ccc(S(=O)(=O)N2CCC(C(=O)N[C@@H](CC(C)C)c3ccccc3)CC2)cc1. The molecule has 1 aliphatic rings. The van der Waals surface area contributed by atoms with Crippen LogP contribution >= 0.6 is 0 Å². The number of rotatable bonds is 8. The minimum absolute atomic E-state index is 0.0102. The Balaban J connectivity index is 1.62. The molecule has 0 unspecified atom stereocenters. The second-order valence-corrected chi connectivity index (χ2v) is 10.4. The van der Waals surface area contributed by atoms with Crippen molar-refractivity contribution in [1.82, 2.24) is 9.62 Å². The molecule has 0 radical (unpaired) electrons. The van der Waals surface area contributed by atoms with Crippen LogP contribution in [0.3, 0.4) is 0 Å². The van der Waals surface area contributed by atoms with Crippen molar-refractivity contribution in [1.29, 1.82) is 0 Å². The Hall–Kier alpha value is -2.38. The number of hydrogen-bond acceptors (Lipinski definition) is 4. The van der Waals surface area contributed by atoms with E-state index in [1.54, 1.807) is 31.4 Å². The molecule has 31 heavy (non-hydrogen) atoms. The molecule has 168 valence electrons. The Morgan fingerprint density at radius 3 is 2.23 bits per heavy atom. The van der Waals surface area contributed by atoms with E-state index in [9.17, 15) is 13.2 Å². The Bertz CT molecular complexity index is 951. The molecule has 1 fully saturated rings. The highest BCUT2D eigenvalue weighted by molar-refractivity contribution is 7.89. The van der Waals surface area contributed by atoms with Gasteiger partial charge in [-0.3, -0.25) is 4.79 Å². The van der Waals surface area contributed by atoms with E-state index in [4.69, 9.17) is 4.74 Å². The number of carbonyl (C=O) groups is 1. The fraction of sp³-hybridized carbons (Fsp3) is 0.458. The maximum absolute atomic E-state index is 13.0. The minimum atomic E-state index is -3.57. The van der Waals surface area contributed by atoms with Gasteiger partial charge in [0.1, 0.15) is 5.75 Å². The van der Waals surface area contributed by atoms with E-state index in [2.05, 4.69) is 19.2 Å². The molecule has 1 atom stereocenters. The molecule has 6 nitrogen and oxygen atoms in total. The van der Waals surface area contributed by atoms with Crippen LogP contribution in [0.2, 0.25) is 0 Å². The Morgan fingerprint density at radius 2 is 1.68 bits per heavy atom. The van der Waals surface area contributed by atoms with Crippen molar-refractivity contribution in [3.8, 4) is 5.75 Å². The van der Waals surface area contributed by atoms with Crippen molar-refractivity contribution in [2.24, 2.45) is 11.8 Å². The highest BCUT2D eigenvalue weighted by Gasteiger charge is 2.33. The molecule has 0 aliphatic carbocycles. The van der Waals surface area contributed by atoms with E-state index >= 15 is 0 Å². The van der Waals surface area contributed by atoms with E-state index in [1.165, 1.54) is 4.31 Å². The van der Waals surface area contributed by atoms with Crippen molar-refractivity contribution in [2.75, 3.05) is 20.2 Å². The predicted molar refractivity (Wildman–Crippen MR) is 121 cm³/mol. The monoisotopic (exact) mass is 444 g/mol. The minimum Gasteiger partial charge on any atom is -0.497 e. The van der Waals surface area contributed by atoms with Gasteiger partial charge in [0.2, 0.25) is 15.9 Å². The largest absolute Gasteiger partial charge is 0.497 e. The topological polar surface area (TPSA) is 75.7 Å². The van der Waals surface area contributed by atoms with Crippen molar-refractivity contribution >= 4 is 15.9 Å². The number of sulfonamides is 1.